The Balaban J connectivity index is 2.01. The Morgan fingerprint density at radius 1 is 1.33 bits per heavy atom. The van der Waals surface area contributed by atoms with Gasteiger partial charge in [0.2, 0.25) is 5.91 Å². The SMILES string of the molecule is CCc1cccc(NC(=O)CSc2nc(C(F)(F)F)cc(=O)[nH]2)c1. The molecule has 2 aromatic rings. The maximum Gasteiger partial charge on any atom is 0.433 e. The van der Waals surface area contributed by atoms with Crippen molar-refractivity contribution < 1.29 is 18.0 Å². The van der Waals surface area contributed by atoms with Gasteiger partial charge in [-0.2, -0.15) is 13.2 Å². The van der Waals surface area contributed by atoms with Crippen LogP contribution in [0, 0.1) is 0 Å². The molecule has 0 aliphatic rings. The predicted octanol–water partition coefficient (Wildman–Crippen LogP) is 3.08. The normalized spacial score (nSPS) is 11.3. The van der Waals surface area contributed by atoms with Crippen molar-refractivity contribution in [2.75, 3.05) is 11.1 Å². The van der Waals surface area contributed by atoms with Crippen LogP contribution in [0.4, 0.5) is 18.9 Å². The molecule has 0 aliphatic carbocycles. The molecule has 24 heavy (non-hydrogen) atoms. The van der Waals surface area contributed by atoms with Gasteiger partial charge in [0.05, 0.1) is 5.75 Å². The average Bonchev–Trinajstić information content (AvgIpc) is 2.52. The highest BCUT2D eigenvalue weighted by molar-refractivity contribution is 7.99. The van der Waals surface area contributed by atoms with Crippen molar-refractivity contribution in [1.82, 2.24) is 9.97 Å². The van der Waals surface area contributed by atoms with E-state index in [0.29, 0.717) is 11.8 Å². The number of aryl methyl sites for hydroxylation is 1. The van der Waals surface area contributed by atoms with Crippen molar-refractivity contribution in [3.63, 3.8) is 0 Å². The second-order valence-corrected chi connectivity index (χ2v) is 5.79. The number of carbonyl (C=O) groups excluding carboxylic acids is 1. The summed E-state index contributed by atoms with van der Waals surface area (Å²) in [5.74, 6) is -0.589. The summed E-state index contributed by atoms with van der Waals surface area (Å²) in [6.07, 6.45) is -3.90. The monoisotopic (exact) mass is 357 g/mol. The van der Waals surface area contributed by atoms with Crippen molar-refractivity contribution in [2.45, 2.75) is 24.7 Å². The number of alkyl halides is 3. The van der Waals surface area contributed by atoms with Crippen molar-refractivity contribution in [1.29, 1.82) is 0 Å². The van der Waals surface area contributed by atoms with Gasteiger partial charge in [0.15, 0.2) is 10.9 Å². The number of thioether (sulfide) groups is 1. The lowest BCUT2D eigenvalue weighted by molar-refractivity contribution is -0.141. The molecule has 0 atom stereocenters. The molecule has 0 aliphatic heterocycles. The maximum absolute atomic E-state index is 12.6. The van der Waals surface area contributed by atoms with Crippen LogP contribution < -0.4 is 10.9 Å². The van der Waals surface area contributed by atoms with Crippen LogP contribution in [0.25, 0.3) is 0 Å². The molecule has 0 radical (unpaired) electrons. The van der Waals surface area contributed by atoms with E-state index in [9.17, 15) is 22.8 Å². The van der Waals surface area contributed by atoms with Gasteiger partial charge in [-0.3, -0.25) is 9.59 Å². The number of H-pyrrole nitrogens is 1. The van der Waals surface area contributed by atoms with Gasteiger partial charge in [0, 0.05) is 11.8 Å². The van der Waals surface area contributed by atoms with Crippen LogP contribution in [-0.2, 0) is 17.4 Å². The smallest absolute Gasteiger partial charge is 0.325 e. The molecular weight excluding hydrogens is 343 g/mol. The molecule has 2 N–H and O–H groups in total. The minimum Gasteiger partial charge on any atom is -0.325 e. The third-order valence-electron chi connectivity index (χ3n) is 2.97. The van der Waals surface area contributed by atoms with Gasteiger partial charge in [0.25, 0.3) is 5.56 Å². The standard InChI is InChI=1S/C15H14F3N3O2S/c1-2-9-4-3-5-10(6-9)19-13(23)8-24-14-20-11(15(16,17)18)7-12(22)21-14/h3-7H,2,8H2,1H3,(H,19,23)(H,20,21,22). The molecule has 0 spiro atoms. The Bertz CT molecular complexity index is 790. The summed E-state index contributed by atoms with van der Waals surface area (Å²) in [4.78, 5) is 28.6. The lowest BCUT2D eigenvalue weighted by Crippen LogP contribution is -2.18. The van der Waals surface area contributed by atoms with E-state index in [0.717, 1.165) is 23.7 Å². The van der Waals surface area contributed by atoms with Gasteiger partial charge in [0.1, 0.15) is 0 Å². The maximum atomic E-state index is 12.6. The van der Waals surface area contributed by atoms with Crippen molar-refractivity contribution in [3.8, 4) is 0 Å². The molecule has 0 bridgehead atoms. The highest BCUT2D eigenvalue weighted by atomic mass is 32.2. The minimum absolute atomic E-state index is 0.180. The van der Waals surface area contributed by atoms with Crippen LogP contribution in [0.1, 0.15) is 18.2 Å². The molecule has 1 aromatic heterocycles. The Kier molecular flexibility index (Phi) is 5.66. The molecule has 5 nitrogen and oxygen atoms in total. The quantitative estimate of drug-likeness (QED) is 0.637. The van der Waals surface area contributed by atoms with Crippen LogP contribution in [0.15, 0.2) is 40.3 Å². The van der Waals surface area contributed by atoms with Gasteiger partial charge in [-0.25, -0.2) is 4.98 Å². The number of anilines is 1. The minimum atomic E-state index is -4.72. The van der Waals surface area contributed by atoms with Crippen LogP contribution in [0.3, 0.4) is 0 Å². The lowest BCUT2D eigenvalue weighted by Gasteiger charge is -2.08. The van der Waals surface area contributed by atoms with Crippen LogP contribution in [-0.4, -0.2) is 21.6 Å². The molecule has 2 rings (SSSR count). The summed E-state index contributed by atoms with van der Waals surface area (Å²) >= 11 is 0.723. The van der Waals surface area contributed by atoms with Gasteiger partial charge in [-0.05, 0) is 24.1 Å². The van der Waals surface area contributed by atoms with Gasteiger partial charge >= 0.3 is 6.18 Å². The molecule has 9 heteroatoms. The molecular formula is C15H14F3N3O2S. The fourth-order valence-electron chi connectivity index (χ4n) is 1.85. The summed E-state index contributed by atoms with van der Waals surface area (Å²) < 4.78 is 37.8. The molecule has 0 unspecified atom stereocenters. The average molecular weight is 357 g/mol. The molecule has 1 amide bonds. The van der Waals surface area contributed by atoms with Gasteiger partial charge < -0.3 is 10.3 Å². The van der Waals surface area contributed by atoms with Gasteiger partial charge in [-0.1, -0.05) is 30.8 Å². The van der Waals surface area contributed by atoms with E-state index in [-0.39, 0.29) is 10.9 Å². The fourth-order valence-corrected chi connectivity index (χ4v) is 2.52. The highest BCUT2D eigenvalue weighted by Gasteiger charge is 2.33. The predicted molar refractivity (Wildman–Crippen MR) is 85.0 cm³/mol. The zero-order valence-electron chi connectivity index (χ0n) is 12.6. The van der Waals surface area contributed by atoms with Crippen LogP contribution in [0.2, 0.25) is 0 Å². The number of hydrogen-bond acceptors (Lipinski definition) is 4. The van der Waals surface area contributed by atoms with Crippen molar-refractivity contribution in [3.05, 3.63) is 51.9 Å². The number of amides is 1. The number of aromatic amines is 1. The van der Waals surface area contributed by atoms with Crippen molar-refractivity contribution >= 4 is 23.4 Å². The second-order valence-electron chi connectivity index (χ2n) is 4.82. The number of hydrogen-bond donors (Lipinski definition) is 2. The first-order valence-corrected chi connectivity index (χ1v) is 7.96. The molecule has 0 saturated heterocycles. The van der Waals surface area contributed by atoms with E-state index < -0.39 is 23.3 Å². The third-order valence-corrected chi connectivity index (χ3v) is 3.84. The number of nitrogens with one attached hydrogen (secondary N) is 2. The Hall–Kier alpha value is -2.29. The summed E-state index contributed by atoms with van der Waals surface area (Å²) in [6.45, 7) is 1.98. The first-order valence-electron chi connectivity index (χ1n) is 6.98. The summed E-state index contributed by atoms with van der Waals surface area (Å²) in [5, 5.41) is 2.39. The Morgan fingerprint density at radius 3 is 2.75 bits per heavy atom. The molecule has 1 heterocycles. The zero-order chi connectivity index (χ0) is 17.7. The number of rotatable bonds is 5. The molecule has 0 fully saturated rings. The van der Waals surface area contributed by atoms with E-state index in [4.69, 9.17) is 0 Å². The number of carbonyl (C=O) groups is 1. The number of halogens is 3. The number of benzene rings is 1. The molecule has 0 saturated carbocycles. The summed E-state index contributed by atoms with van der Waals surface area (Å²) in [5.41, 5.74) is -0.560. The van der Waals surface area contributed by atoms with E-state index >= 15 is 0 Å². The van der Waals surface area contributed by atoms with E-state index in [1.54, 1.807) is 12.1 Å². The van der Waals surface area contributed by atoms with Crippen molar-refractivity contribution in [2.24, 2.45) is 0 Å². The van der Waals surface area contributed by atoms with Gasteiger partial charge in [-0.15, -0.1) is 0 Å². The first kappa shape index (κ1) is 18.1. The highest BCUT2D eigenvalue weighted by Crippen LogP contribution is 2.27. The van der Waals surface area contributed by atoms with Crippen LogP contribution in [0.5, 0.6) is 0 Å². The van der Waals surface area contributed by atoms with Crippen LogP contribution >= 0.6 is 11.8 Å². The lowest BCUT2D eigenvalue weighted by atomic mass is 10.1. The summed E-state index contributed by atoms with van der Waals surface area (Å²) in [7, 11) is 0. The largest absolute Gasteiger partial charge is 0.433 e. The summed E-state index contributed by atoms with van der Waals surface area (Å²) in [6, 6.07) is 7.62. The molecule has 128 valence electrons. The Morgan fingerprint density at radius 2 is 2.08 bits per heavy atom. The second kappa shape index (κ2) is 7.52. The topological polar surface area (TPSA) is 74.8 Å². The fraction of sp³-hybridized carbons (Fsp3) is 0.267. The van der Waals surface area contributed by atoms with E-state index in [2.05, 4.69) is 15.3 Å². The number of aromatic nitrogens is 2. The number of nitrogens with zero attached hydrogens (tertiary/aromatic N) is 1. The van der Waals surface area contributed by atoms with E-state index in [1.165, 1.54) is 0 Å². The third kappa shape index (κ3) is 5.12. The first-order chi connectivity index (χ1) is 11.3. The van der Waals surface area contributed by atoms with E-state index in [1.807, 2.05) is 19.1 Å². The molecule has 1 aromatic carbocycles. The Labute approximate surface area is 139 Å². The zero-order valence-corrected chi connectivity index (χ0v) is 13.4.